The van der Waals surface area contributed by atoms with Crippen LogP contribution < -0.4 is 4.74 Å². The Morgan fingerprint density at radius 2 is 1.95 bits per heavy atom. The Morgan fingerprint density at radius 1 is 1.40 bits per heavy atom. The van der Waals surface area contributed by atoms with Crippen LogP contribution >= 0.6 is 0 Å². The third kappa shape index (κ3) is 2.92. The van der Waals surface area contributed by atoms with Gasteiger partial charge in [-0.2, -0.15) is 5.10 Å². The van der Waals surface area contributed by atoms with Crippen LogP contribution in [0, 0.1) is 13.8 Å². The van der Waals surface area contributed by atoms with E-state index in [-0.39, 0.29) is 6.61 Å². The zero-order valence-corrected chi connectivity index (χ0v) is 12.7. The lowest BCUT2D eigenvalue weighted by Crippen LogP contribution is -2.52. The van der Waals surface area contributed by atoms with E-state index in [4.69, 9.17) is 9.84 Å². The number of amides is 1. The summed E-state index contributed by atoms with van der Waals surface area (Å²) in [5, 5.41) is 13.3. The molecule has 1 aromatic rings. The number of carboxylic acid groups (broad SMARTS) is 1. The number of carboxylic acids is 1. The third-order valence-corrected chi connectivity index (χ3v) is 3.52. The molecule has 1 rings (SSSR count). The molecule has 0 saturated carbocycles. The average Bonchev–Trinajstić information content (AvgIpc) is 2.59. The number of ether oxygens (including phenoxy) is 1. The second-order valence-electron chi connectivity index (χ2n) is 5.23. The van der Waals surface area contributed by atoms with Crippen molar-refractivity contribution in [2.75, 3.05) is 13.7 Å². The minimum Gasteiger partial charge on any atom is -0.480 e. The van der Waals surface area contributed by atoms with Crippen LogP contribution in [0.3, 0.4) is 0 Å². The maximum Gasteiger partial charge on any atom is 0.329 e. The summed E-state index contributed by atoms with van der Waals surface area (Å²) in [6.07, 6.45) is 0. The van der Waals surface area contributed by atoms with Gasteiger partial charge in [0.15, 0.2) is 12.4 Å². The lowest BCUT2D eigenvalue weighted by atomic mass is 10.0. The first kappa shape index (κ1) is 16.0. The van der Waals surface area contributed by atoms with Crippen molar-refractivity contribution < 1.29 is 19.4 Å². The second-order valence-corrected chi connectivity index (χ2v) is 5.23. The lowest BCUT2D eigenvalue weighted by molar-refractivity contribution is -0.156. The molecule has 7 heteroatoms. The summed E-state index contributed by atoms with van der Waals surface area (Å²) in [7, 11) is 3.24. The SMILES string of the molecule is Cc1nn(C)c(C)c1OCC(=O)N(C)C(C)(C)C(=O)O. The highest BCUT2D eigenvalue weighted by Gasteiger charge is 2.35. The molecule has 7 nitrogen and oxygen atoms in total. The fourth-order valence-electron chi connectivity index (χ4n) is 1.65. The minimum atomic E-state index is -1.28. The fourth-order valence-corrected chi connectivity index (χ4v) is 1.65. The van der Waals surface area contributed by atoms with Crippen molar-refractivity contribution in [3.8, 4) is 5.75 Å². The lowest BCUT2D eigenvalue weighted by Gasteiger charge is -2.31. The van der Waals surface area contributed by atoms with Gasteiger partial charge in [0.2, 0.25) is 0 Å². The number of rotatable bonds is 5. The number of carbonyl (C=O) groups excluding carboxylic acids is 1. The van der Waals surface area contributed by atoms with Crippen molar-refractivity contribution in [2.45, 2.75) is 33.2 Å². The van der Waals surface area contributed by atoms with E-state index in [1.54, 1.807) is 18.7 Å². The molecule has 0 radical (unpaired) electrons. The van der Waals surface area contributed by atoms with Crippen molar-refractivity contribution in [1.29, 1.82) is 0 Å². The Bertz CT molecular complexity index is 534. The van der Waals surface area contributed by atoms with Gasteiger partial charge in [0.05, 0.1) is 5.69 Å². The molecular formula is C13H21N3O4. The zero-order chi connectivity index (χ0) is 15.7. The van der Waals surface area contributed by atoms with E-state index in [1.165, 1.54) is 20.9 Å². The molecule has 1 N–H and O–H groups in total. The van der Waals surface area contributed by atoms with Gasteiger partial charge in [-0.25, -0.2) is 4.79 Å². The number of carbonyl (C=O) groups is 2. The van der Waals surface area contributed by atoms with E-state index in [0.29, 0.717) is 11.4 Å². The first-order chi connectivity index (χ1) is 9.09. The zero-order valence-electron chi connectivity index (χ0n) is 12.7. The van der Waals surface area contributed by atoms with Crippen LogP contribution in [0.2, 0.25) is 0 Å². The molecule has 0 spiro atoms. The Hall–Kier alpha value is -2.05. The molecule has 0 fully saturated rings. The van der Waals surface area contributed by atoms with Gasteiger partial charge in [-0.15, -0.1) is 0 Å². The topological polar surface area (TPSA) is 84.7 Å². The predicted octanol–water partition coefficient (Wildman–Crippen LogP) is 0.737. The van der Waals surface area contributed by atoms with Crippen LogP contribution in [0.5, 0.6) is 5.75 Å². The number of aryl methyl sites for hydroxylation is 2. The second kappa shape index (κ2) is 5.52. The number of likely N-dealkylation sites (N-methyl/N-ethyl adjacent to an activating group) is 1. The Kier molecular flexibility index (Phi) is 4.42. The van der Waals surface area contributed by atoms with Crippen LogP contribution in [0.1, 0.15) is 25.2 Å². The Morgan fingerprint density at radius 3 is 2.35 bits per heavy atom. The predicted molar refractivity (Wildman–Crippen MR) is 72.7 cm³/mol. The first-order valence-corrected chi connectivity index (χ1v) is 6.22. The standard InChI is InChI=1S/C13H21N3O4/c1-8-11(9(2)16(6)14-8)20-7-10(17)15(5)13(3,4)12(18)19/h7H2,1-6H3,(H,18,19). The molecule has 0 bridgehead atoms. The first-order valence-electron chi connectivity index (χ1n) is 6.22. The Balaban J connectivity index is 2.75. The van der Waals surface area contributed by atoms with Crippen molar-refractivity contribution in [3.05, 3.63) is 11.4 Å². The summed E-state index contributed by atoms with van der Waals surface area (Å²) in [5.41, 5.74) is 0.229. The van der Waals surface area contributed by atoms with Crippen LogP contribution in [-0.4, -0.2) is 50.9 Å². The van der Waals surface area contributed by atoms with Crippen molar-refractivity contribution >= 4 is 11.9 Å². The summed E-state index contributed by atoms with van der Waals surface area (Å²) in [6.45, 7) is 6.34. The molecule has 112 valence electrons. The van der Waals surface area contributed by atoms with Gasteiger partial charge in [0.1, 0.15) is 11.2 Å². The molecular weight excluding hydrogens is 262 g/mol. The molecule has 0 atom stereocenters. The van der Waals surface area contributed by atoms with Crippen molar-refractivity contribution in [2.24, 2.45) is 7.05 Å². The van der Waals surface area contributed by atoms with E-state index in [1.807, 2.05) is 6.92 Å². The van der Waals surface area contributed by atoms with E-state index < -0.39 is 17.4 Å². The quantitative estimate of drug-likeness (QED) is 0.861. The largest absolute Gasteiger partial charge is 0.480 e. The fraction of sp³-hybridized carbons (Fsp3) is 0.615. The highest BCUT2D eigenvalue weighted by atomic mass is 16.5. The van der Waals surface area contributed by atoms with Gasteiger partial charge in [-0.1, -0.05) is 0 Å². The molecule has 0 aromatic carbocycles. The monoisotopic (exact) mass is 283 g/mol. The van der Waals surface area contributed by atoms with Crippen molar-refractivity contribution in [3.63, 3.8) is 0 Å². The highest BCUT2D eigenvalue weighted by molar-refractivity contribution is 5.86. The molecule has 0 aliphatic heterocycles. The smallest absolute Gasteiger partial charge is 0.329 e. The van der Waals surface area contributed by atoms with Gasteiger partial charge >= 0.3 is 5.97 Å². The number of aromatic nitrogens is 2. The van der Waals surface area contributed by atoms with E-state index in [2.05, 4.69) is 5.10 Å². The molecule has 0 aliphatic carbocycles. The normalized spacial score (nSPS) is 11.3. The maximum atomic E-state index is 12.0. The maximum absolute atomic E-state index is 12.0. The van der Waals surface area contributed by atoms with Gasteiger partial charge in [0.25, 0.3) is 5.91 Å². The molecule has 20 heavy (non-hydrogen) atoms. The number of nitrogens with zero attached hydrogens (tertiary/aromatic N) is 3. The number of hydrogen-bond donors (Lipinski definition) is 1. The molecule has 0 aliphatic rings. The summed E-state index contributed by atoms with van der Waals surface area (Å²) in [5.74, 6) is -0.912. The number of hydrogen-bond acceptors (Lipinski definition) is 4. The average molecular weight is 283 g/mol. The van der Waals surface area contributed by atoms with Crippen molar-refractivity contribution in [1.82, 2.24) is 14.7 Å². The summed E-state index contributed by atoms with van der Waals surface area (Å²) in [4.78, 5) is 24.3. The molecule has 1 aromatic heterocycles. The van der Waals surface area contributed by atoms with Gasteiger partial charge in [0, 0.05) is 14.1 Å². The van der Waals surface area contributed by atoms with Crippen LogP contribution in [0.15, 0.2) is 0 Å². The van der Waals surface area contributed by atoms with E-state index in [9.17, 15) is 9.59 Å². The molecule has 0 saturated heterocycles. The van der Waals surface area contributed by atoms with E-state index in [0.717, 1.165) is 10.6 Å². The van der Waals surface area contributed by atoms with Crippen LogP contribution in [0.25, 0.3) is 0 Å². The summed E-state index contributed by atoms with van der Waals surface area (Å²) in [6, 6.07) is 0. The molecule has 1 heterocycles. The summed E-state index contributed by atoms with van der Waals surface area (Å²) >= 11 is 0. The van der Waals surface area contributed by atoms with E-state index >= 15 is 0 Å². The van der Waals surface area contributed by atoms with Crippen LogP contribution in [-0.2, 0) is 16.6 Å². The highest BCUT2D eigenvalue weighted by Crippen LogP contribution is 2.21. The molecule has 1 amide bonds. The van der Waals surface area contributed by atoms with Crippen LogP contribution in [0.4, 0.5) is 0 Å². The molecule has 0 unspecified atom stereocenters. The summed E-state index contributed by atoms with van der Waals surface area (Å²) < 4.78 is 7.15. The van der Waals surface area contributed by atoms with Gasteiger partial charge in [-0.05, 0) is 27.7 Å². The minimum absolute atomic E-state index is 0.222. The third-order valence-electron chi connectivity index (χ3n) is 3.52. The van der Waals surface area contributed by atoms with Gasteiger partial charge < -0.3 is 14.7 Å². The Labute approximate surface area is 118 Å². The van der Waals surface area contributed by atoms with Gasteiger partial charge in [-0.3, -0.25) is 9.48 Å². The number of aliphatic carboxylic acids is 1.